The number of carbonyl (C=O) groups excluding carboxylic acids is 1. The number of rotatable bonds is 6. The highest BCUT2D eigenvalue weighted by Gasteiger charge is 2.19. The van der Waals surface area contributed by atoms with E-state index in [4.69, 9.17) is 21.1 Å². The van der Waals surface area contributed by atoms with Gasteiger partial charge in [0.1, 0.15) is 5.75 Å². The van der Waals surface area contributed by atoms with E-state index in [1.54, 1.807) is 19.1 Å². The molecular formula is C17H14ClN3O5S. The van der Waals surface area contributed by atoms with Gasteiger partial charge in [-0.2, -0.15) is 0 Å². The summed E-state index contributed by atoms with van der Waals surface area (Å²) in [5.74, 6) is 0.104. The number of nitro groups is 1. The minimum Gasteiger partial charge on any atom is -0.495 e. The van der Waals surface area contributed by atoms with Gasteiger partial charge < -0.3 is 9.47 Å². The zero-order chi connectivity index (χ0) is 19.6. The molecule has 0 radical (unpaired) electrons. The topological polar surface area (TPSA) is 104 Å². The molecule has 0 saturated heterocycles. The van der Waals surface area contributed by atoms with Crippen molar-refractivity contribution >= 4 is 49.9 Å². The molecule has 0 bridgehead atoms. The molecule has 1 amide bonds. The van der Waals surface area contributed by atoms with Gasteiger partial charge in [0, 0.05) is 17.7 Å². The molecule has 3 rings (SSSR count). The summed E-state index contributed by atoms with van der Waals surface area (Å²) >= 11 is 7.32. The van der Waals surface area contributed by atoms with Crippen LogP contribution in [-0.4, -0.2) is 29.5 Å². The second-order valence-corrected chi connectivity index (χ2v) is 6.74. The first kappa shape index (κ1) is 18.9. The summed E-state index contributed by atoms with van der Waals surface area (Å²) in [6.45, 7) is 2.00. The molecule has 0 atom stereocenters. The van der Waals surface area contributed by atoms with Crippen LogP contribution >= 0.6 is 22.9 Å². The van der Waals surface area contributed by atoms with E-state index in [2.05, 4.69) is 10.3 Å². The van der Waals surface area contributed by atoms with E-state index in [0.29, 0.717) is 21.4 Å². The number of aromatic nitrogens is 1. The van der Waals surface area contributed by atoms with Crippen LogP contribution < -0.4 is 14.8 Å². The number of fused-ring (bicyclic) bond motifs is 1. The molecule has 0 unspecified atom stereocenters. The fourth-order valence-electron chi connectivity index (χ4n) is 2.39. The number of nitrogens with one attached hydrogen (secondary N) is 1. The lowest BCUT2D eigenvalue weighted by molar-refractivity contribution is -0.385. The predicted molar refractivity (Wildman–Crippen MR) is 103 cm³/mol. The van der Waals surface area contributed by atoms with Gasteiger partial charge in [0.05, 0.1) is 33.9 Å². The van der Waals surface area contributed by atoms with Crippen LogP contribution in [0.5, 0.6) is 11.5 Å². The van der Waals surface area contributed by atoms with Crippen LogP contribution in [0.2, 0.25) is 5.02 Å². The highest BCUT2D eigenvalue weighted by Crippen LogP contribution is 2.35. The van der Waals surface area contributed by atoms with Crippen molar-refractivity contribution in [1.82, 2.24) is 4.98 Å². The van der Waals surface area contributed by atoms with Crippen molar-refractivity contribution in [2.45, 2.75) is 6.92 Å². The summed E-state index contributed by atoms with van der Waals surface area (Å²) < 4.78 is 11.2. The highest BCUT2D eigenvalue weighted by molar-refractivity contribution is 7.22. The molecule has 2 aromatic carbocycles. The average Bonchev–Trinajstić information content (AvgIpc) is 3.02. The zero-order valence-electron chi connectivity index (χ0n) is 14.3. The summed E-state index contributed by atoms with van der Waals surface area (Å²) in [5, 5.41) is 14.6. The number of hydrogen-bond donors (Lipinski definition) is 1. The van der Waals surface area contributed by atoms with E-state index in [1.807, 2.05) is 0 Å². The summed E-state index contributed by atoms with van der Waals surface area (Å²) in [5.41, 5.74) is 0.462. The van der Waals surface area contributed by atoms with Gasteiger partial charge in [-0.3, -0.25) is 20.2 Å². The van der Waals surface area contributed by atoms with Crippen molar-refractivity contribution in [3.63, 3.8) is 0 Å². The van der Waals surface area contributed by atoms with E-state index in [1.165, 1.54) is 36.6 Å². The standard InChI is InChI=1S/C17H14ClN3O5S/c1-3-26-13-5-4-9(6-12(13)21(23)24)16(22)20-17-19-11-7-10(18)14(25-2)8-15(11)27-17/h4-8H,3H2,1-2H3,(H,19,20,22). The second-order valence-electron chi connectivity index (χ2n) is 5.30. The molecule has 27 heavy (non-hydrogen) atoms. The number of hydrogen-bond acceptors (Lipinski definition) is 7. The molecule has 8 nitrogen and oxygen atoms in total. The van der Waals surface area contributed by atoms with Gasteiger partial charge >= 0.3 is 5.69 Å². The Morgan fingerprint density at radius 1 is 1.33 bits per heavy atom. The van der Waals surface area contributed by atoms with Crippen LogP contribution in [-0.2, 0) is 0 Å². The molecule has 1 N–H and O–H groups in total. The van der Waals surface area contributed by atoms with Crippen molar-refractivity contribution in [2.24, 2.45) is 0 Å². The van der Waals surface area contributed by atoms with Gasteiger partial charge in [0.15, 0.2) is 10.9 Å². The van der Waals surface area contributed by atoms with E-state index in [-0.39, 0.29) is 23.6 Å². The fraction of sp³-hybridized carbons (Fsp3) is 0.176. The number of nitrogens with zero attached hydrogens (tertiary/aromatic N) is 2. The Labute approximate surface area is 162 Å². The van der Waals surface area contributed by atoms with Crippen LogP contribution in [0.25, 0.3) is 10.2 Å². The Bertz CT molecular complexity index is 1040. The number of ether oxygens (including phenoxy) is 2. The van der Waals surface area contributed by atoms with Crippen LogP contribution in [0.3, 0.4) is 0 Å². The molecule has 1 aromatic heterocycles. The molecule has 10 heteroatoms. The molecule has 1 heterocycles. The normalized spacial score (nSPS) is 10.6. The van der Waals surface area contributed by atoms with Gasteiger partial charge in [0.2, 0.25) is 0 Å². The first-order valence-electron chi connectivity index (χ1n) is 7.79. The number of benzene rings is 2. The number of thiazole rings is 1. The number of nitro benzene ring substituents is 1. The lowest BCUT2D eigenvalue weighted by Crippen LogP contribution is -2.12. The molecule has 0 aliphatic heterocycles. The van der Waals surface area contributed by atoms with Crippen molar-refractivity contribution in [1.29, 1.82) is 0 Å². The van der Waals surface area contributed by atoms with Crippen LogP contribution in [0.1, 0.15) is 17.3 Å². The summed E-state index contributed by atoms with van der Waals surface area (Å²) in [6.07, 6.45) is 0. The molecule has 3 aromatic rings. The first-order chi connectivity index (χ1) is 12.9. The summed E-state index contributed by atoms with van der Waals surface area (Å²) in [6, 6.07) is 7.41. The Morgan fingerprint density at radius 3 is 2.78 bits per heavy atom. The van der Waals surface area contributed by atoms with Crippen molar-refractivity contribution in [3.05, 3.63) is 51.0 Å². The molecule has 0 aliphatic carbocycles. The largest absolute Gasteiger partial charge is 0.495 e. The Hall–Kier alpha value is -2.91. The van der Waals surface area contributed by atoms with Crippen molar-refractivity contribution < 1.29 is 19.2 Å². The minimum atomic E-state index is -0.590. The third-order valence-electron chi connectivity index (χ3n) is 3.60. The third kappa shape index (κ3) is 3.93. The molecule has 0 fully saturated rings. The van der Waals surface area contributed by atoms with Crippen molar-refractivity contribution in [2.75, 3.05) is 19.0 Å². The summed E-state index contributed by atoms with van der Waals surface area (Å²) in [7, 11) is 1.51. The monoisotopic (exact) mass is 407 g/mol. The van der Waals surface area contributed by atoms with Crippen molar-refractivity contribution in [3.8, 4) is 11.5 Å². The van der Waals surface area contributed by atoms with E-state index in [0.717, 1.165) is 4.70 Å². The number of carbonyl (C=O) groups is 1. The average molecular weight is 408 g/mol. The fourth-order valence-corrected chi connectivity index (χ4v) is 3.49. The van der Waals surface area contributed by atoms with Crippen LogP contribution in [0, 0.1) is 10.1 Å². The molecule has 0 spiro atoms. The van der Waals surface area contributed by atoms with Crippen LogP contribution in [0.4, 0.5) is 10.8 Å². The SMILES string of the molecule is CCOc1ccc(C(=O)Nc2nc3cc(Cl)c(OC)cc3s2)cc1[N+](=O)[O-]. The van der Waals surface area contributed by atoms with E-state index < -0.39 is 10.8 Å². The predicted octanol–water partition coefficient (Wildman–Crippen LogP) is 4.52. The van der Waals surface area contributed by atoms with Gasteiger partial charge in [0.25, 0.3) is 5.91 Å². The maximum atomic E-state index is 12.5. The van der Waals surface area contributed by atoms with E-state index >= 15 is 0 Å². The van der Waals surface area contributed by atoms with Gasteiger partial charge in [-0.15, -0.1) is 0 Å². The van der Waals surface area contributed by atoms with Gasteiger partial charge in [-0.25, -0.2) is 4.98 Å². The minimum absolute atomic E-state index is 0.112. The molecule has 0 saturated carbocycles. The Morgan fingerprint density at radius 2 is 2.11 bits per heavy atom. The number of anilines is 1. The summed E-state index contributed by atoms with van der Waals surface area (Å²) in [4.78, 5) is 27.4. The molecule has 0 aliphatic rings. The second kappa shape index (κ2) is 7.77. The molecular weight excluding hydrogens is 394 g/mol. The van der Waals surface area contributed by atoms with E-state index in [9.17, 15) is 14.9 Å². The first-order valence-corrected chi connectivity index (χ1v) is 8.99. The number of halogens is 1. The van der Waals surface area contributed by atoms with Gasteiger partial charge in [-0.05, 0) is 25.1 Å². The zero-order valence-corrected chi connectivity index (χ0v) is 15.9. The third-order valence-corrected chi connectivity index (χ3v) is 4.83. The quantitative estimate of drug-likeness (QED) is 0.476. The Kier molecular flexibility index (Phi) is 5.43. The number of amides is 1. The lowest BCUT2D eigenvalue weighted by Gasteiger charge is -2.06. The number of methoxy groups -OCH3 is 1. The highest BCUT2D eigenvalue weighted by atomic mass is 35.5. The smallest absolute Gasteiger partial charge is 0.311 e. The lowest BCUT2D eigenvalue weighted by atomic mass is 10.2. The maximum absolute atomic E-state index is 12.5. The van der Waals surface area contributed by atoms with Gasteiger partial charge in [-0.1, -0.05) is 22.9 Å². The maximum Gasteiger partial charge on any atom is 0.311 e. The molecule has 140 valence electrons. The Balaban J connectivity index is 1.87. The van der Waals surface area contributed by atoms with Crippen LogP contribution in [0.15, 0.2) is 30.3 Å².